The van der Waals surface area contributed by atoms with Gasteiger partial charge in [-0.25, -0.2) is 0 Å². The minimum absolute atomic E-state index is 0.0681. The first kappa shape index (κ1) is 17.7. The minimum atomic E-state index is 0.0681. The number of hydrogen-bond acceptors (Lipinski definition) is 3. The van der Waals surface area contributed by atoms with E-state index in [1.54, 1.807) is 0 Å². The van der Waals surface area contributed by atoms with Gasteiger partial charge in [-0.15, -0.1) is 0 Å². The summed E-state index contributed by atoms with van der Waals surface area (Å²) in [7, 11) is 1.97. The van der Waals surface area contributed by atoms with Crippen LogP contribution in [0.2, 0.25) is 0 Å². The fourth-order valence-electron chi connectivity index (χ4n) is 4.19. The molecule has 25 heavy (non-hydrogen) atoms. The molecule has 136 valence electrons. The molecule has 3 rings (SSSR count). The molecule has 0 aliphatic carbocycles. The Morgan fingerprint density at radius 3 is 2.56 bits per heavy atom. The van der Waals surface area contributed by atoms with Gasteiger partial charge in [0.1, 0.15) is 0 Å². The number of carbonyl (C=O) groups is 1. The van der Waals surface area contributed by atoms with Crippen LogP contribution in [0.25, 0.3) is 0 Å². The zero-order chi connectivity index (χ0) is 18.3. The predicted molar refractivity (Wildman–Crippen MR) is 97.4 cm³/mol. The van der Waals surface area contributed by atoms with Crippen molar-refractivity contribution < 1.29 is 4.79 Å². The summed E-state index contributed by atoms with van der Waals surface area (Å²) in [5.74, 6) is 0.213. The molecule has 0 bridgehead atoms. The molecule has 0 saturated carbocycles. The number of amides is 1. The van der Waals surface area contributed by atoms with Crippen molar-refractivity contribution in [2.45, 2.75) is 66.0 Å². The maximum atomic E-state index is 13.0. The predicted octanol–water partition coefficient (Wildman–Crippen LogP) is 3.17. The van der Waals surface area contributed by atoms with E-state index in [1.165, 1.54) is 5.56 Å². The van der Waals surface area contributed by atoms with Crippen molar-refractivity contribution in [1.29, 1.82) is 0 Å². The van der Waals surface area contributed by atoms with E-state index < -0.39 is 0 Å². The fourth-order valence-corrected chi connectivity index (χ4v) is 4.19. The van der Waals surface area contributed by atoms with Crippen LogP contribution < -0.4 is 0 Å². The summed E-state index contributed by atoms with van der Waals surface area (Å²) >= 11 is 0. The molecule has 1 aliphatic heterocycles. The van der Waals surface area contributed by atoms with Gasteiger partial charge in [-0.3, -0.25) is 14.2 Å². The first-order valence-corrected chi connectivity index (χ1v) is 9.12. The van der Waals surface area contributed by atoms with E-state index in [9.17, 15) is 4.79 Å². The number of aromatic nitrogens is 4. The van der Waals surface area contributed by atoms with Gasteiger partial charge in [0.2, 0.25) is 5.91 Å². The van der Waals surface area contributed by atoms with Gasteiger partial charge in [-0.1, -0.05) is 0 Å². The van der Waals surface area contributed by atoms with Crippen molar-refractivity contribution in [3.05, 3.63) is 34.4 Å². The fraction of sp³-hybridized carbons (Fsp3) is 0.632. The SMILES string of the molecule is Cc1cc(C)n([C@H](C)CC(=O)N2CCC[C@H]2c2c(C)nn(C)c2C)n1. The molecule has 6 nitrogen and oxygen atoms in total. The molecule has 1 fully saturated rings. The second kappa shape index (κ2) is 6.65. The Labute approximate surface area is 149 Å². The number of likely N-dealkylation sites (tertiary alicyclic amines) is 1. The first-order chi connectivity index (χ1) is 11.8. The summed E-state index contributed by atoms with van der Waals surface area (Å²) < 4.78 is 3.89. The van der Waals surface area contributed by atoms with Crippen LogP contribution in [0.15, 0.2) is 6.07 Å². The van der Waals surface area contributed by atoms with E-state index in [-0.39, 0.29) is 18.0 Å². The molecule has 6 heteroatoms. The van der Waals surface area contributed by atoms with Gasteiger partial charge in [0.15, 0.2) is 0 Å². The molecule has 1 amide bonds. The van der Waals surface area contributed by atoms with Crippen LogP contribution in [-0.4, -0.2) is 36.9 Å². The topological polar surface area (TPSA) is 56.0 Å². The molecule has 0 N–H and O–H groups in total. The molecule has 1 aliphatic rings. The molecule has 0 aromatic carbocycles. The molecule has 1 saturated heterocycles. The highest BCUT2D eigenvalue weighted by atomic mass is 16.2. The van der Waals surface area contributed by atoms with Crippen LogP contribution in [0.5, 0.6) is 0 Å². The van der Waals surface area contributed by atoms with Crippen molar-refractivity contribution in [3.63, 3.8) is 0 Å². The summed E-state index contributed by atoms with van der Waals surface area (Å²) in [5, 5.41) is 9.07. The Morgan fingerprint density at radius 1 is 1.28 bits per heavy atom. The normalized spacial score (nSPS) is 18.8. The Hall–Kier alpha value is -2.11. The van der Waals surface area contributed by atoms with E-state index in [4.69, 9.17) is 0 Å². The zero-order valence-electron chi connectivity index (χ0n) is 16.2. The summed E-state index contributed by atoms with van der Waals surface area (Å²) in [6, 6.07) is 2.29. The van der Waals surface area contributed by atoms with Crippen LogP contribution in [0.1, 0.15) is 66.6 Å². The second-order valence-corrected chi connectivity index (χ2v) is 7.38. The minimum Gasteiger partial charge on any atom is -0.335 e. The van der Waals surface area contributed by atoms with Crippen molar-refractivity contribution in [3.8, 4) is 0 Å². The van der Waals surface area contributed by atoms with E-state index in [0.717, 1.165) is 42.2 Å². The highest BCUT2D eigenvalue weighted by molar-refractivity contribution is 5.77. The average molecular weight is 343 g/mol. The lowest BCUT2D eigenvalue weighted by molar-refractivity contribution is -0.133. The van der Waals surface area contributed by atoms with Crippen molar-refractivity contribution >= 4 is 5.91 Å². The van der Waals surface area contributed by atoms with E-state index >= 15 is 0 Å². The quantitative estimate of drug-likeness (QED) is 0.857. The van der Waals surface area contributed by atoms with Crippen LogP contribution in [0.4, 0.5) is 0 Å². The van der Waals surface area contributed by atoms with Gasteiger partial charge >= 0.3 is 0 Å². The number of carbonyl (C=O) groups excluding carboxylic acids is 1. The molecular weight excluding hydrogens is 314 g/mol. The highest BCUT2D eigenvalue weighted by Gasteiger charge is 2.34. The molecule has 0 spiro atoms. The maximum absolute atomic E-state index is 13.0. The number of nitrogens with zero attached hydrogens (tertiary/aromatic N) is 5. The molecule has 2 atom stereocenters. The number of aryl methyl sites for hydroxylation is 4. The van der Waals surface area contributed by atoms with Crippen molar-refractivity contribution in [2.24, 2.45) is 7.05 Å². The van der Waals surface area contributed by atoms with Crippen LogP contribution in [-0.2, 0) is 11.8 Å². The third kappa shape index (κ3) is 3.22. The van der Waals surface area contributed by atoms with Gasteiger partial charge in [0.05, 0.1) is 23.5 Å². The van der Waals surface area contributed by atoms with Gasteiger partial charge in [0.25, 0.3) is 0 Å². The average Bonchev–Trinajstić information content (AvgIpc) is 3.19. The van der Waals surface area contributed by atoms with Gasteiger partial charge in [-0.2, -0.15) is 10.2 Å². The van der Waals surface area contributed by atoms with Gasteiger partial charge in [0, 0.05) is 37.0 Å². The zero-order valence-corrected chi connectivity index (χ0v) is 16.2. The van der Waals surface area contributed by atoms with E-state index in [1.807, 2.05) is 37.2 Å². The lowest BCUT2D eigenvalue weighted by Crippen LogP contribution is -2.32. The second-order valence-electron chi connectivity index (χ2n) is 7.38. The van der Waals surface area contributed by atoms with Crippen LogP contribution in [0, 0.1) is 27.7 Å². The van der Waals surface area contributed by atoms with Gasteiger partial charge < -0.3 is 4.90 Å². The maximum Gasteiger partial charge on any atom is 0.225 e. The summed E-state index contributed by atoms with van der Waals surface area (Å²) in [4.78, 5) is 15.1. The van der Waals surface area contributed by atoms with Crippen LogP contribution in [0.3, 0.4) is 0 Å². The third-order valence-electron chi connectivity index (χ3n) is 5.40. The molecule has 0 unspecified atom stereocenters. The lowest BCUT2D eigenvalue weighted by Gasteiger charge is -2.27. The van der Waals surface area contributed by atoms with Crippen LogP contribution >= 0.6 is 0 Å². The highest BCUT2D eigenvalue weighted by Crippen LogP contribution is 2.36. The Bertz CT molecular complexity index is 788. The lowest BCUT2D eigenvalue weighted by atomic mass is 10.0. The Kier molecular flexibility index (Phi) is 4.71. The van der Waals surface area contributed by atoms with E-state index in [2.05, 4.69) is 35.0 Å². The molecule has 2 aromatic heterocycles. The molecule has 3 heterocycles. The standard InChI is InChI=1S/C19H29N5O/c1-12-10-13(2)24(20-12)14(3)11-18(25)23-9-7-8-17(23)19-15(4)21-22(6)16(19)5/h10,14,17H,7-9,11H2,1-6H3/t14-,17+/m1/s1. The Morgan fingerprint density at radius 2 is 2.00 bits per heavy atom. The monoisotopic (exact) mass is 343 g/mol. The van der Waals surface area contributed by atoms with E-state index in [0.29, 0.717) is 6.42 Å². The molecule has 0 radical (unpaired) electrons. The smallest absolute Gasteiger partial charge is 0.225 e. The van der Waals surface area contributed by atoms with Crippen molar-refractivity contribution in [1.82, 2.24) is 24.5 Å². The Balaban J connectivity index is 1.78. The summed E-state index contributed by atoms with van der Waals surface area (Å²) in [5.41, 5.74) is 5.53. The summed E-state index contributed by atoms with van der Waals surface area (Å²) in [6.07, 6.45) is 2.56. The summed E-state index contributed by atoms with van der Waals surface area (Å²) in [6.45, 7) is 11.1. The molecular formula is C19H29N5O. The molecule has 2 aromatic rings. The van der Waals surface area contributed by atoms with Crippen molar-refractivity contribution in [2.75, 3.05) is 6.54 Å². The first-order valence-electron chi connectivity index (χ1n) is 9.12. The third-order valence-corrected chi connectivity index (χ3v) is 5.40. The largest absolute Gasteiger partial charge is 0.335 e. The number of rotatable bonds is 4. The van der Waals surface area contributed by atoms with Gasteiger partial charge in [-0.05, 0) is 53.5 Å². The number of hydrogen-bond donors (Lipinski definition) is 0.